The zero-order valence-corrected chi connectivity index (χ0v) is 10.3. The Labute approximate surface area is 97.9 Å². The molecule has 2 nitrogen and oxygen atoms in total. The van der Waals surface area contributed by atoms with Gasteiger partial charge in [-0.05, 0) is 24.6 Å². The van der Waals surface area contributed by atoms with Crippen molar-refractivity contribution in [3.05, 3.63) is 36.4 Å². The Hall–Kier alpha value is -1.28. The fraction of sp³-hybridized carbons (Fsp3) is 0.429. The molecule has 0 saturated carbocycles. The van der Waals surface area contributed by atoms with E-state index < -0.39 is 0 Å². The number of rotatable bonds is 6. The van der Waals surface area contributed by atoms with Gasteiger partial charge in [0.15, 0.2) is 0 Å². The predicted octanol–water partition coefficient (Wildman–Crippen LogP) is 3.73. The van der Waals surface area contributed by atoms with E-state index in [1.807, 2.05) is 31.2 Å². The van der Waals surface area contributed by atoms with Crippen LogP contribution in [-0.4, -0.2) is 12.9 Å². The van der Waals surface area contributed by atoms with Crippen molar-refractivity contribution in [2.75, 3.05) is 6.61 Å². The third-order valence-electron chi connectivity index (χ3n) is 2.22. The molecule has 0 aliphatic heterocycles. The second-order valence-corrected chi connectivity index (χ2v) is 3.96. The van der Waals surface area contributed by atoms with Gasteiger partial charge in [0, 0.05) is 12.5 Å². The van der Waals surface area contributed by atoms with Crippen LogP contribution in [0.2, 0.25) is 0 Å². The van der Waals surface area contributed by atoms with Gasteiger partial charge in [-0.15, -0.1) is 0 Å². The summed E-state index contributed by atoms with van der Waals surface area (Å²) in [5.41, 5.74) is 1.05. The molecule has 0 saturated heterocycles. The minimum Gasteiger partial charge on any atom is -0.465 e. The van der Waals surface area contributed by atoms with Gasteiger partial charge in [0.05, 0.1) is 0 Å². The van der Waals surface area contributed by atoms with Crippen LogP contribution in [0.5, 0.6) is 5.75 Å². The first-order valence-corrected chi connectivity index (χ1v) is 5.68. The maximum Gasteiger partial charge on any atom is 0.202 e. The van der Waals surface area contributed by atoms with E-state index >= 15 is 0 Å². The van der Waals surface area contributed by atoms with Crippen molar-refractivity contribution >= 4 is 6.08 Å². The highest BCUT2D eigenvalue weighted by Gasteiger charge is 2.14. The summed E-state index contributed by atoms with van der Waals surface area (Å²) in [6, 6.07) is 7.84. The first kappa shape index (κ1) is 12.8. The van der Waals surface area contributed by atoms with Crippen molar-refractivity contribution in [2.45, 2.75) is 27.1 Å². The molecule has 0 N–H and O–H groups in total. The van der Waals surface area contributed by atoms with Crippen molar-refractivity contribution < 1.29 is 9.47 Å². The maximum atomic E-state index is 5.79. The van der Waals surface area contributed by atoms with Gasteiger partial charge < -0.3 is 9.47 Å². The van der Waals surface area contributed by atoms with Crippen LogP contribution in [-0.2, 0) is 4.74 Å². The molecule has 0 fully saturated rings. The zero-order valence-electron chi connectivity index (χ0n) is 10.3. The van der Waals surface area contributed by atoms with Crippen molar-refractivity contribution in [1.82, 2.24) is 0 Å². The van der Waals surface area contributed by atoms with E-state index in [9.17, 15) is 0 Å². The van der Waals surface area contributed by atoms with Crippen molar-refractivity contribution in [1.29, 1.82) is 0 Å². The van der Waals surface area contributed by atoms with Crippen LogP contribution < -0.4 is 4.74 Å². The predicted molar refractivity (Wildman–Crippen MR) is 67.4 cm³/mol. The highest BCUT2D eigenvalue weighted by atomic mass is 16.7. The lowest BCUT2D eigenvalue weighted by molar-refractivity contribution is -0.103. The van der Waals surface area contributed by atoms with E-state index in [1.165, 1.54) is 0 Å². The third-order valence-corrected chi connectivity index (χ3v) is 2.22. The zero-order chi connectivity index (χ0) is 12.0. The van der Waals surface area contributed by atoms with Gasteiger partial charge in [-0.2, -0.15) is 0 Å². The molecule has 0 radical (unpaired) electrons. The normalized spacial score (nSPS) is 12.5. The number of hydrogen-bond acceptors (Lipinski definition) is 2. The molecule has 0 aliphatic rings. The van der Waals surface area contributed by atoms with Crippen LogP contribution in [0.25, 0.3) is 6.08 Å². The van der Waals surface area contributed by atoms with Crippen molar-refractivity contribution in [2.24, 2.45) is 5.92 Å². The molecule has 0 aliphatic carbocycles. The smallest absolute Gasteiger partial charge is 0.202 e. The first-order valence-electron chi connectivity index (χ1n) is 5.68. The van der Waals surface area contributed by atoms with Gasteiger partial charge in [0.25, 0.3) is 0 Å². The lowest BCUT2D eigenvalue weighted by Crippen LogP contribution is -2.26. The van der Waals surface area contributed by atoms with Crippen LogP contribution in [0.3, 0.4) is 0 Å². The summed E-state index contributed by atoms with van der Waals surface area (Å²) in [4.78, 5) is 0. The molecule has 88 valence electrons. The van der Waals surface area contributed by atoms with Gasteiger partial charge in [-0.25, -0.2) is 0 Å². The Balaban J connectivity index is 2.72. The largest absolute Gasteiger partial charge is 0.465 e. The summed E-state index contributed by atoms with van der Waals surface area (Å²) in [5, 5.41) is 0. The van der Waals surface area contributed by atoms with Gasteiger partial charge in [0.1, 0.15) is 5.75 Å². The highest BCUT2D eigenvalue weighted by molar-refractivity contribution is 5.49. The van der Waals surface area contributed by atoms with Crippen LogP contribution in [0.1, 0.15) is 26.3 Å². The summed E-state index contributed by atoms with van der Waals surface area (Å²) in [7, 11) is 0. The summed E-state index contributed by atoms with van der Waals surface area (Å²) >= 11 is 0. The molecule has 1 aromatic carbocycles. The van der Waals surface area contributed by atoms with E-state index in [1.54, 1.807) is 6.08 Å². The molecule has 1 unspecified atom stereocenters. The maximum absolute atomic E-state index is 5.79. The molecule has 0 bridgehead atoms. The lowest BCUT2D eigenvalue weighted by atomic mass is 10.2. The Bertz CT molecular complexity index is 331. The van der Waals surface area contributed by atoms with Crippen molar-refractivity contribution in [3.8, 4) is 5.75 Å². The minimum atomic E-state index is -0.190. The van der Waals surface area contributed by atoms with E-state index in [-0.39, 0.29) is 6.29 Å². The van der Waals surface area contributed by atoms with Gasteiger partial charge >= 0.3 is 0 Å². The van der Waals surface area contributed by atoms with E-state index in [4.69, 9.17) is 9.47 Å². The standard InChI is InChI=1S/C14H20O2/c1-5-12-8-7-9-13(10-12)16-14(11(3)4)15-6-2/h5,7-11,14H,1,6H2,2-4H3. The van der Waals surface area contributed by atoms with Crippen LogP contribution in [0.4, 0.5) is 0 Å². The Morgan fingerprint density at radius 1 is 1.38 bits per heavy atom. The number of ether oxygens (including phenoxy) is 2. The molecule has 1 aromatic rings. The molecule has 0 heterocycles. The molecule has 0 spiro atoms. The van der Waals surface area contributed by atoms with E-state index in [2.05, 4.69) is 20.4 Å². The van der Waals surface area contributed by atoms with Crippen LogP contribution >= 0.6 is 0 Å². The molecule has 1 rings (SSSR count). The average Bonchev–Trinajstić information content (AvgIpc) is 2.28. The average molecular weight is 220 g/mol. The van der Waals surface area contributed by atoms with Gasteiger partial charge in [-0.1, -0.05) is 38.6 Å². The van der Waals surface area contributed by atoms with Crippen LogP contribution in [0, 0.1) is 5.92 Å². The fourth-order valence-electron chi connectivity index (χ4n) is 1.38. The van der Waals surface area contributed by atoms with Gasteiger partial charge in [0.2, 0.25) is 6.29 Å². The van der Waals surface area contributed by atoms with E-state index in [0.29, 0.717) is 12.5 Å². The van der Waals surface area contributed by atoms with E-state index in [0.717, 1.165) is 11.3 Å². The number of hydrogen-bond donors (Lipinski definition) is 0. The molecular weight excluding hydrogens is 200 g/mol. The quantitative estimate of drug-likeness (QED) is 0.680. The molecule has 16 heavy (non-hydrogen) atoms. The summed E-state index contributed by atoms with van der Waals surface area (Å²) in [5.74, 6) is 1.15. The van der Waals surface area contributed by atoms with Crippen molar-refractivity contribution in [3.63, 3.8) is 0 Å². The lowest BCUT2D eigenvalue weighted by Gasteiger charge is -2.22. The second kappa shape index (κ2) is 6.33. The summed E-state index contributed by atoms with van der Waals surface area (Å²) in [6.07, 6.45) is 1.61. The Morgan fingerprint density at radius 2 is 2.12 bits per heavy atom. The Kier molecular flexibility index (Phi) is 5.06. The highest BCUT2D eigenvalue weighted by Crippen LogP contribution is 2.18. The SMILES string of the molecule is C=Cc1cccc(OC(OCC)C(C)C)c1. The van der Waals surface area contributed by atoms with Crippen LogP contribution in [0.15, 0.2) is 30.8 Å². The molecular formula is C14H20O2. The molecule has 1 atom stereocenters. The molecule has 0 aromatic heterocycles. The number of benzene rings is 1. The Morgan fingerprint density at radius 3 is 2.69 bits per heavy atom. The fourth-order valence-corrected chi connectivity index (χ4v) is 1.38. The topological polar surface area (TPSA) is 18.5 Å². The summed E-state index contributed by atoms with van der Waals surface area (Å²) in [6.45, 7) is 10.5. The second-order valence-electron chi connectivity index (χ2n) is 3.96. The first-order chi connectivity index (χ1) is 7.67. The monoisotopic (exact) mass is 220 g/mol. The minimum absolute atomic E-state index is 0.190. The molecule has 0 amide bonds. The third kappa shape index (κ3) is 3.70. The summed E-state index contributed by atoms with van der Waals surface area (Å²) < 4.78 is 11.3. The molecule has 2 heteroatoms. The van der Waals surface area contributed by atoms with Gasteiger partial charge in [-0.3, -0.25) is 0 Å².